The van der Waals surface area contributed by atoms with Crippen LogP contribution in [-0.2, 0) is 4.79 Å². The van der Waals surface area contributed by atoms with E-state index in [9.17, 15) is 9.90 Å². The van der Waals surface area contributed by atoms with Gasteiger partial charge in [0.1, 0.15) is 0 Å². The van der Waals surface area contributed by atoms with E-state index in [0.717, 1.165) is 38.2 Å². The molecular weight excluding hydrogens is 152 g/mol. The molecule has 0 aromatic rings. The van der Waals surface area contributed by atoms with E-state index >= 15 is 0 Å². The van der Waals surface area contributed by atoms with Gasteiger partial charge in [-0.1, -0.05) is 12.5 Å². The maximum absolute atomic E-state index is 9.91. The molecule has 0 atom stereocenters. The normalized spacial score (nSPS) is 9.92. The molecule has 0 aliphatic heterocycles. The maximum atomic E-state index is 9.91. The Morgan fingerprint density at radius 1 is 1.42 bits per heavy atom. The minimum Gasteiger partial charge on any atom is -0.545 e. The van der Waals surface area contributed by atoms with Gasteiger partial charge in [0, 0.05) is 6.42 Å². The Morgan fingerprint density at radius 3 is 2.75 bits per heavy atom. The number of hydrogen-bond donors (Lipinski definition) is 0. The number of carboxylic acids is 1. The third kappa shape index (κ3) is 8.77. The van der Waals surface area contributed by atoms with Crippen LogP contribution in [0.2, 0.25) is 0 Å². The molecule has 0 bridgehead atoms. The maximum Gasteiger partial charge on any atom is 0.0639 e. The van der Waals surface area contributed by atoms with Crippen LogP contribution in [0.25, 0.3) is 0 Å². The molecule has 0 N–H and O–H groups in total. The standard InChI is InChI=1S/C10H14O2/c1-2-3-4-5-6-7-8-9-10(11)12/h1,8-9H,3-7H2,(H,11,12)/p-1. The molecule has 0 rings (SSSR count). The fraction of sp³-hybridized carbons (Fsp3) is 0.500. The van der Waals surface area contributed by atoms with Gasteiger partial charge in [-0.25, -0.2) is 0 Å². The monoisotopic (exact) mass is 165 g/mol. The van der Waals surface area contributed by atoms with E-state index < -0.39 is 5.97 Å². The first kappa shape index (κ1) is 10.8. The highest BCUT2D eigenvalue weighted by atomic mass is 16.4. The Hall–Kier alpha value is -1.23. The van der Waals surface area contributed by atoms with Crippen molar-refractivity contribution >= 4 is 5.97 Å². The smallest absolute Gasteiger partial charge is 0.0639 e. The number of rotatable bonds is 6. The minimum atomic E-state index is -1.13. The summed E-state index contributed by atoms with van der Waals surface area (Å²) in [6.45, 7) is 0. The topological polar surface area (TPSA) is 40.1 Å². The highest BCUT2D eigenvalue weighted by Crippen LogP contribution is 2.02. The number of aliphatic carboxylic acids is 1. The second kappa shape index (κ2) is 7.87. The van der Waals surface area contributed by atoms with Gasteiger partial charge < -0.3 is 9.90 Å². The van der Waals surface area contributed by atoms with E-state index in [2.05, 4.69) is 5.92 Å². The third-order valence-electron chi connectivity index (χ3n) is 1.45. The number of unbranched alkanes of at least 4 members (excludes halogenated alkanes) is 4. The highest BCUT2D eigenvalue weighted by Gasteiger charge is 1.84. The second-order valence-corrected chi connectivity index (χ2v) is 2.52. The predicted octanol–water partition coefficient (Wildman–Crippen LogP) is 0.876. The molecule has 0 saturated heterocycles. The molecule has 66 valence electrons. The summed E-state index contributed by atoms with van der Waals surface area (Å²) < 4.78 is 0. The summed E-state index contributed by atoms with van der Waals surface area (Å²) in [6.07, 6.45) is 12.4. The lowest BCUT2D eigenvalue weighted by Gasteiger charge is -1.94. The molecular formula is C10H13O2-. The van der Waals surface area contributed by atoms with Crippen LogP contribution in [0.4, 0.5) is 0 Å². The second-order valence-electron chi connectivity index (χ2n) is 2.52. The van der Waals surface area contributed by atoms with Gasteiger partial charge in [0.05, 0.1) is 5.97 Å². The Morgan fingerprint density at radius 2 is 2.17 bits per heavy atom. The van der Waals surface area contributed by atoms with Crippen molar-refractivity contribution in [2.75, 3.05) is 0 Å². The van der Waals surface area contributed by atoms with Crippen LogP contribution in [0.5, 0.6) is 0 Å². The molecule has 0 aliphatic carbocycles. The molecule has 0 spiro atoms. The fourth-order valence-electron chi connectivity index (χ4n) is 0.846. The first-order valence-corrected chi connectivity index (χ1v) is 4.08. The van der Waals surface area contributed by atoms with Gasteiger partial charge in [0.2, 0.25) is 0 Å². The van der Waals surface area contributed by atoms with Gasteiger partial charge in [0.15, 0.2) is 0 Å². The summed E-state index contributed by atoms with van der Waals surface area (Å²) in [4.78, 5) is 9.91. The molecule has 2 nitrogen and oxygen atoms in total. The first-order valence-electron chi connectivity index (χ1n) is 4.08. The highest BCUT2D eigenvalue weighted by molar-refractivity contribution is 5.77. The summed E-state index contributed by atoms with van der Waals surface area (Å²) in [7, 11) is 0. The summed E-state index contributed by atoms with van der Waals surface area (Å²) in [5.41, 5.74) is 0. The van der Waals surface area contributed by atoms with E-state index in [4.69, 9.17) is 6.42 Å². The molecule has 0 heterocycles. The lowest BCUT2D eigenvalue weighted by molar-refractivity contribution is -0.297. The Balaban J connectivity index is 3.11. The van der Waals surface area contributed by atoms with Crippen LogP contribution in [0, 0.1) is 12.3 Å². The molecule has 0 radical (unpaired) electrons. The van der Waals surface area contributed by atoms with Gasteiger partial charge in [-0.05, 0) is 25.3 Å². The number of carbonyl (C=O) groups is 1. The van der Waals surface area contributed by atoms with Crippen LogP contribution >= 0.6 is 0 Å². The van der Waals surface area contributed by atoms with E-state index in [1.807, 2.05) is 0 Å². The summed E-state index contributed by atoms with van der Waals surface area (Å²) in [5, 5.41) is 9.91. The van der Waals surface area contributed by atoms with E-state index in [1.165, 1.54) is 0 Å². The number of carboxylic acid groups (broad SMARTS) is 1. The van der Waals surface area contributed by atoms with Gasteiger partial charge in [-0.15, -0.1) is 12.3 Å². The van der Waals surface area contributed by atoms with Crippen molar-refractivity contribution in [2.24, 2.45) is 0 Å². The minimum absolute atomic E-state index is 0.790. The van der Waals surface area contributed by atoms with Crippen LogP contribution in [0.15, 0.2) is 12.2 Å². The Kier molecular flexibility index (Phi) is 7.07. The van der Waals surface area contributed by atoms with Crippen molar-refractivity contribution in [3.63, 3.8) is 0 Å². The van der Waals surface area contributed by atoms with Crippen LogP contribution in [-0.4, -0.2) is 5.97 Å². The zero-order chi connectivity index (χ0) is 9.23. The van der Waals surface area contributed by atoms with Crippen molar-refractivity contribution in [3.05, 3.63) is 12.2 Å². The summed E-state index contributed by atoms with van der Waals surface area (Å²) in [6, 6.07) is 0. The van der Waals surface area contributed by atoms with Crippen molar-refractivity contribution in [2.45, 2.75) is 32.1 Å². The van der Waals surface area contributed by atoms with Crippen LogP contribution in [0.1, 0.15) is 32.1 Å². The van der Waals surface area contributed by atoms with E-state index in [0.29, 0.717) is 0 Å². The Bertz CT molecular complexity index is 187. The lowest BCUT2D eigenvalue weighted by Crippen LogP contribution is -2.18. The number of hydrogen-bond acceptors (Lipinski definition) is 2. The van der Waals surface area contributed by atoms with Gasteiger partial charge in [-0.2, -0.15) is 0 Å². The van der Waals surface area contributed by atoms with E-state index in [-0.39, 0.29) is 0 Å². The summed E-state index contributed by atoms with van der Waals surface area (Å²) in [5.74, 6) is 1.43. The molecule has 0 saturated carbocycles. The molecule has 0 aliphatic rings. The van der Waals surface area contributed by atoms with Gasteiger partial charge >= 0.3 is 0 Å². The molecule has 0 aromatic heterocycles. The van der Waals surface area contributed by atoms with Crippen molar-refractivity contribution in [1.82, 2.24) is 0 Å². The molecule has 0 aromatic carbocycles. The SMILES string of the molecule is C#CCCCCCC=CC(=O)[O-]. The number of allylic oxidation sites excluding steroid dienone is 1. The fourth-order valence-corrected chi connectivity index (χ4v) is 0.846. The van der Waals surface area contributed by atoms with Crippen LogP contribution < -0.4 is 5.11 Å². The number of terminal acetylenes is 1. The summed E-state index contributed by atoms with van der Waals surface area (Å²) >= 11 is 0. The van der Waals surface area contributed by atoms with Crippen molar-refractivity contribution in [1.29, 1.82) is 0 Å². The first-order chi connectivity index (χ1) is 5.77. The van der Waals surface area contributed by atoms with Crippen molar-refractivity contribution in [3.8, 4) is 12.3 Å². The largest absolute Gasteiger partial charge is 0.545 e. The Labute approximate surface area is 73.3 Å². The number of carbonyl (C=O) groups excluding carboxylic acids is 1. The van der Waals surface area contributed by atoms with Gasteiger partial charge in [-0.3, -0.25) is 0 Å². The molecule has 2 heteroatoms. The van der Waals surface area contributed by atoms with E-state index in [1.54, 1.807) is 6.08 Å². The average Bonchev–Trinajstić information content (AvgIpc) is 2.02. The molecule has 0 fully saturated rings. The zero-order valence-electron chi connectivity index (χ0n) is 7.08. The van der Waals surface area contributed by atoms with Gasteiger partial charge in [0.25, 0.3) is 0 Å². The quantitative estimate of drug-likeness (QED) is 0.333. The zero-order valence-corrected chi connectivity index (χ0v) is 7.08. The predicted molar refractivity (Wildman–Crippen MR) is 46.1 cm³/mol. The molecule has 0 amide bonds. The third-order valence-corrected chi connectivity index (χ3v) is 1.45. The average molecular weight is 165 g/mol. The lowest BCUT2D eigenvalue weighted by atomic mass is 10.1. The van der Waals surface area contributed by atoms with Crippen molar-refractivity contribution < 1.29 is 9.90 Å². The molecule has 0 unspecified atom stereocenters. The molecule has 12 heavy (non-hydrogen) atoms. The van der Waals surface area contributed by atoms with Crippen LogP contribution in [0.3, 0.4) is 0 Å².